The van der Waals surface area contributed by atoms with Crippen LogP contribution in [0.2, 0.25) is 0 Å². The van der Waals surface area contributed by atoms with Gasteiger partial charge in [0.05, 0.1) is 15.3 Å². The number of aromatic amines is 1. The first-order chi connectivity index (χ1) is 18.4. The minimum Gasteiger partial charge on any atom is -0.368 e. The van der Waals surface area contributed by atoms with Crippen LogP contribution in [0.4, 0.5) is 5.69 Å². The van der Waals surface area contributed by atoms with Gasteiger partial charge in [0.25, 0.3) is 21.6 Å². The van der Waals surface area contributed by atoms with Crippen LogP contribution in [-0.2, 0) is 19.6 Å². The smallest absolute Gasteiger partial charge is 0.273 e. The van der Waals surface area contributed by atoms with Gasteiger partial charge < -0.3 is 16.4 Å². The summed E-state index contributed by atoms with van der Waals surface area (Å²) in [6, 6.07) is 7.58. The summed E-state index contributed by atoms with van der Waals surface area (Å²) in [6.07, 6.45) is 0. The molecule has 0 saturated heterocycles. The molecule has 6 N–H and O–H groups in total. The van der Waals surface area contributed by atoms with Crippen molar-refractivity contribution in [2.45, 2.75) is 30.8 Å². The maximum absolute atomic E-state index is 13.0. The number of nitrogens with one attached hydrogen (secondary N) is 4. The van der Waals surface area contributed by atoms with Gasteiger partial charge in [0.2, 0.25) is 11.8 Å². The van der Waals surface area contributed by atoms with E-state index in [4.69, 9.17) is 5.73 Å². The Morgan fingerprint density at radius 2 is 1.90 bits per heavy atom. The average molecular weight is 557 g/mol. The predicted molar refractivity (Wildman–Crippen MR) is 138 cm³/mol. The van der Waals surface area contributed by atoms with Gasteiger partial charge in [0.15, 0.2) is 5.69 Å². The molecule has 39 heavy (non-hydrogen) atoms. The highest BCUT2D eigenvalue weighted by atomic mass is 32.2. The first kappa shape index (κ1) is 27.2. The number of H-pyrrole nitrogens is 1. The lowest BCUT2D eigenvalue weighted by Gasteiger charge is -2.20. The topological polar surface area (TPSA) is 232 Å². The van der Waals surface area contributed by atoms with Gasteiger partial charge >= 0.3 is 0 Å². The lowest BCUT2D eigenvalue weighted by atomic mass is 10.0. The Kier molecular flexibility index (Phi) is 7.31. The summed E-state index contributed by atoms with van der Waals surface area (Å²) in [5.74, 6) is -2.81. The van der Waals surface area contributed by atoms with Gasteiger partial charge in [-0.1, -0.05) is 26.0 Å². The fourth-order valence-electron chi connectivity index (χ4n) is 3.92. The quantitative estimate of drug-likeness (QED) is 0.176. The van der Waals surface area contributed by atoms with Crippen molar-refractivity contribution in [2.24, 2.45) is 16.6 Å². The van der Waals surface area contributed by atoms with Gasteiger partial charge in [-0.25, -0.2) is 8.42 Å². The number of carbonyl (C=O) groups is 3. The van der Waals surface area contributed by atoms with Crippen molar-refractivity contribution in [1.29, 1.82) is 0 Å². The SMILES string of the molecule is CC(C)C(N=C1NS(=O)(=O)c2ccccc21)C(=O)NCC(NC(=O)c1n[nH]c2ccc([N+](=O)[O-])cc12)C(N)=O. The molecule has 16 heteroatoms. The number of fused-ring (bicyclic) bond motifs is 2. The third-order valence-electron chi connectivity index (χ3n) is 5.93. The summed E-state index contributed by atoms with van der Waals surface area (Å²) in [6.45, 7) is 3.01. The molecule has 15 nitrogen and oxygen atoms in total. The molecule has 0 radical (unpaired) electrons. The fourth-order valence-corrected chi connectivity index (χ4v) is 5.16. The first-order valence-electron chi connectivity index (χ1n) is 11.6. The van der Waals surface area contributed by atoms with Crippen LogP contribution in [0.5, 0.6) is 0 Å². The molecule has 0 bridgehead atoms. The lowest BCUT2D eigenvalue weighted by Crippen LogP contribution is -2.52. The number of nitro groups is 1. The number of hydrogen-bond donors (Lipinski definition) is 5. The molecule has 2 unspecified atom stereocenters. The zero-order chi connectivity index (χ0) is 28.5. The number of rotatable bonds is 9. The summed E-state index contributed by atoms with van der Waals surface area (Å²) in [4.78, 5) is 52.8. The second kappa shape index (κ2) is 10.5. The number of aliphatic imine (C=N–C) groups is 1. The first-order valence-corrected chi connectivity index (χ1v) is 13.1. The van der Waals surface area contributed by atoms with E-state index >= 15 is 0 Å². The molecule has 2 atom stereocenters. The molecule has 3 aromatic rings. The van der Waals surface area contributed by atoms with Crippen molar-refractivity contribution in [2.75, 3.05) is 6.54 Å². The Morgan fingerprint density at radius 3 is 2.56 bits per heavy atom. The van der Waals surface area contributed by atoms with Crippen LogP contribution in [0.25, 0.3) is 10.9 Å². The zero-order valence-electron chi connectivity index (χ0n) is 20.7. The van der Waals surface area contributed by atoms with E-state index in [0.717, 1.165) is 6.07 Å². The van der Waals surface area contributed by atoms with E-state index < -0.39 is 51.3 Å². The van der Waals surface area contributed by atoms with E-state index in [1.807, 2.05) is 0 Å². The van der Waals surface area contributed by atoms with Crippen LogP contribution in [0, 0.1) is 16.0 Å². The summed E-state index contributed by atoms with van der Waals surface area (Å²) < 4.78 is 27.1. The highest BCUT2D eigenvalue weighted by molar-refractivity contribution is 7.90. The molecule has 0 saturated carbocycles. The number of nitrogens with two attached hydrogens (primary N) is 1. The van der Waals surface area contributed by atoms with Crippen molar-refractivity contribution in [3.8, 4) is 0 Å². The molecule has 0 spiro atoms. The van der Waals surface area contributed by atoms with Crippen LogP contribution in [-0.4, -0.2) is 65.7 Å². The van der Waals surface area contributed by atoms with E-state index in [2.05, 4.69) is 30.5 Å². The molecule has 1 aliphatic heterocycles. The number of amidine groups is 1. The Balaban J connectivity index is 1.49. The van der Waals surface area contributed by atoms with Crippen molar-refractivity contribution in [1.82, 2.24) is 25.6 Å². The molecule has 3 amide bonds. The monoisotopic (exact) mass is 556 g/mol. The Labute approximate surface area is 221 Å². The number of aromatic nitrogens is 2. The highest BCUT2D eigenvalue weighted by Gasteiger charge is 2.33. The van der Waals surface area contributed by atoms with E-state index in [1.54, 1.807) is 32.0 Å². The zero-order valence-corrected chi connectivity index (χ0v) is 21.5. The minimum atomic E-state index is -3.81. The Morgan fingerprint density at radius 1 is 1.18 bits per heavy atom. The third kappa shape index (κ3) is 5.54. The van der Waals surface area contributed by atoms with Gasteiger partial charge in [-0.15, -0.1) is 0 Å². The van der Waals surface area contributed by atoms with Gasteiger partial charge in [0, 0.05) is 29.6 Å². The Hall–Kier alpha value is -4.86. The normalized spacial score (nSPS) is 16.3. The van der Waals surface area contributed by atoms with Crippen molar-refractivity contribution in [3.05, 3.63) is 63.8 Å². The Bertz CT molecular complexity index is 1630. The lowest BCUT2D eigenvalue weighted by molar-refractivity contribution is -0.384. The average Bonchev–Trinajstić information content (AvgIpc) is 3.42. The number of benzene rings is 2. The number of non-ortho nitro benzene ring substituents is 1. The molecule has 1 aliphatic rings. The minimum absolute atomic E-state index is 0.0127. The molecular formula is C23H24N8O7S. The van der Waals surface area contributed by atoms with Crippen molar-refractivity contribution < 1.29 is 27.7 Å². The molecule has 2 aromatic carbocycles. The van der Waals surface area contributed by atoms with Gasteiger partial charge in [0.1, 0.15) is 17.9 Å². The number of carbonyl (C=O) groups excluding carboxylic acids is 3. The maximum Gasteiger partial charge on any atom is 0.273 e. The number of sulfonamides is 1. The third-order valence-corrected chi connectivity index (χ3v) is 7.33. The van der Waals surface area contributed by atoms with Gasteiger partial charge in [-0.2, -0.15) is 5.10 Å². The van der Waals surface area contributed by atoms with Crippen molar-refractivity contribution in [3.63, 3.8) is 0 Å². The summed E-state index contributed by atoms with van der Waals surface area (Å²) in [7, 11) is -3.81. The van der Waals surface area contributed by atoms with E-state index in [9.17, 15) is 32.9 Å². The van der Waals surface area contributed by atoms with Crippen LogP contribution in [0.3, 0.4) is 0 Å². The predicted octanol–water partition coefficient (Wildman–Crippen LogP) is -0.0657. The van der Waals surface area contributed by atoms with E-state index in [0.29, 0.717) is 11.1 Å². The number of nitro benzene ring substituents is 1. The number of primary amides is 1. The summed E-state index contributed by atoms with van der Waals surface area (Å²) in [5.41, 5.74) is 5.65. The summed E-state index contributed by atoms with van der Waals surface area (Å²) in [5, 5.41) is 22.6. The molecule has 2 heterocycles. The molecular weight excluding hydrogens is 532 g/mol. The van der Waals surface area contributed by atoms with Crippen molar-refractivity contribution >= 4 is 50.2 Å². The van der Waals surface area contributed by atoms with E-state index in [1.165, 1.54) is 18.2 Å². The van der Waals surface area contributed by atoms with E-state index in [-0.39, 0.29) is 33.4 Å². The second-order valence-corrected chi connectivity index (χ2v) is 10.7. The highest BCUT2D eigenvalue weighted by Crippen LogP contribution is 2.24. The fraction of sp³-hybridized carbons (Fsp3) is 0.261. The van der Waals surface area contributed by atoms with Crippen LogP contribution >= 0.6 is 0 Å². The molecule has 4 rings (SSSR count). The number of hydrogen-bond acceptors (Lipinski definition) is 9. The second-order valence-electron chi connectivity index (χ2n) is 9.00. The molecule has 204 valence electrons. The number of amides is 3. The molecule has 0 aliphatic carbocycles. The maximum atomic E-state index is 13.0. The van der Waals surface area contributed by atoms with Crippen LogP contribution in [0.15, 0.2) is 52.4 Å². The van der Waals surface area contributed by atoms with Gasteiger partial charge in [-0.05, 0) is 24.1 Å². The molecule has 0 fully saturated rings. The number of nitrogens with zero attached hydrogens (tertiary/aromatic N) is 3. The van der Waals surface area contributed by atoms with Crippen LogP contribution in [0.1, 0.15) is 29.9 Å². The van der Waals surface area contributed by atoms with Crippen LogP contribution < -0.4 is 21.1 Å². The van der Waals surface area contributed by atoms with Gasteiger partial charge in [-0.3, -0.25) is 39.3 Å². The largest absolute Gasteiger partial charge is 0.368 e. The standard InChI is InChI=1S/C23H24N8O7S/c1-11(2)18(27-21-13-5-3-4-6-17(13)39(37,38)30-21)22(33)25-10-16(20(24)32)26-23(34)19-14-9-12(31(35)36)7-8-15(14)28-29-19/h3-9,11,16,18H,10H2,1-2H3,(H2,24,32)(H,25,33)(H,26,34)(H,27,30)(H,28,29). The molecule has 1 aromatic heterocycles. The summed E-state index contributed by atoms with van der Waals surface area (Å²) >= 11 is 0.